The lowest BCUT2D eigenvalue weighted by Gasteiger charge is -2.29. The van der Waals surface area contributed by atoms with Gasteiger partial charge in [0, 0.05) is 37.8 Å². The van der Waals surface area contributed by atoms with Gasteiger partial charge < -0.3 is 15.2 Å². The van der Waals surface area contributed by atoms with Gasteiger partial charge in [0.1, 0.15) is 0 Å². The number of likely N-dealkylation sites (tertiary alicyclic amines) is 1. The zero-order valence-corrected chi connectivity index (χ0v) is 11.7. The summed E-state index contributed by atoms with van der Waals surface area (Å²) in [7, 11) is 2.16. The van der Waals surface area contributed by atoms with Crippen molar-refractivity contribution in [3.63, 3.8) is 0 Å². The van der Waals surface area contributed by atoms with Gasteiger partial charge in [0.25, 0.3) is 0 Å². The van der Waals surface area contributed by atoms with Crippen molar-refractivity contribution in [2.24, 2.45) is 5.92 Å². The molecule has 1 aliphatic rings. The molecule has 1 amide bonds. The number of imidazole rings is 1. The highest BCUT2D eigenvalue weighted by atomic mass is 16.1. The fraction of sp³-hybridized carbons (Fsp3) is 0.714. The van der Waals surface area contributed by atoms with Crippen molar-refractivity contribution < 1.29 is 4.79 Å². The van der Waals surface area contributed by atoms with Gasteiger partial charge in [-0.15, -0.1) is 0 Å². The highest BCUT2D eigenvalue weighted by molar-refractivity contribution is 5.75. The molecule has 106 valence electrons. The quantitative estimate of drug-likeness (QED) is 0.811. The van der Waals surface area contributed by atoms with E-state index < -0.39 is 0 Å². The number of nitrogens with one attached hydrogen (secondary N) is 2. The van der Waals surface area contributed by atoms with Gasteiger partial charge in [-0.2, -0.15) is 0 Å². The molecule has 0 unspecified atom stereocenters. The van der Waals surface area contributed by atoms with E-state index in [4.69, 9.17) is 0 Å². The Morgan fingerprint density at radius 1 is 1.63 bits per heavy atom. The molecule has 1 aromatic rings. The predicted octanol–water partition coefficient (Wildman–Crippen LogP) is 1.19. The molecule has 0 spiro atoms. The second-order valence-corrected chi connectivity index (χ2v) is 5.49. The molecule has 0 aliphatic carbocycles. The highest BCUT2D eigenvalue weighted by Crippen LogP contribution is 2.19. The van der Waals surface area contributed by atoms with Gasteiger partial charge in [-0.05, 0) is 38.8 Å². The predicted molar refractivity (Wildman–Crippen MR) is 74.8 cm³/mol. The fourth-order valence-electron chi connectivity index (χ4n) is 2.69. The van der Waals surface area contributed by atoms with Crippen LogP contribution in [0.2, 0.25) is 0 Å². The lowest BCUT2D eigenvalue weighted by atomic mass is 9.93. The van der Waals surface area contributed by atoms with Crippen LogP contribution >= 0.6 is 0 Å². The second-order valence-electron chi connectivity index (χ2n) is 5.49. The van der Waals surface area contributed by atoms with Gasteiger partial charge in [-0.1, -0.05) is 0 Å². The van der Waals surface area contributed by atoms with E-state index in [0.29, 0.717) is 18.9 Å². The number of carbonyl (C=O) groups excluding carboxylic acids is 1. The maximum absolute atomic E-state index is 11.7. The SMILES string of the molecule is CN1CCC[C@@H](CCC(=O)NCCc2cnc[nH]2)C1. The molecule has 0 aromatic carbocycles. The van der Waals surface area contributed by atoms with Crippen LogP contribution in [-0.4, -0.2) is 47.5 Å². The summed E-state index contributed by atoms with van der Waals surface area (Å²) in [5, 5.41) is 2.97. The zero-order chi connectivity index (χ0) is 13.5. The Balaban J connectivity index is 1.56. The molecule has 1 fully saturated rings. The van der Waals surface area contributed by atoms with Gasteiger partial charge in [-0.3, -0.25) is 4.79 Å². The van der Waals surface area contributed by atoms with Crippen molar-refractivity contribution in [3.8, 4) is 0 Å². The van der Waals surface area contributed by atoms with Gasteiger partial charge in [0.05, 0.1) is 6.33 Å². The lowest BCUT2D eigenvalue weighted by molar-refractivity contribution is -0.121. The molecule has 1 atom stereocenters. The highest BCUT2D eigenvalue weighted by Gasteiger charge is 2.17. The first-order chi connectivity index (χ1) is 9.24. The molecule has 1 saturated heterocycles. The first-order valence-electron chi connectivity index (χ1n) is 7.16. The van der Waals surface area contributed by atoms with E-state index in [1.165, 1.54) is 19.4 Å². The summed E-state index contributed by atoms with van der Waals surface area (Å²) in [4.78, 5) is 21.1. The molecule has 5 heteroatoms. The van der Waals surface area contributed by atoms with Crippen LogP contribution < -0.4 is 5.32 Å². The molecular weight excluding hydrogens is 240 g/mol. The van der Waals surface area contributed by atoms with Crippen LogP contribution in [0.1, 0.15) is 31.4 Å². The van der Waals surface area contributed by atoms with Crippen LogP contribution in [0.5, 0.6) is 0 Å². The van der Waals surface area contributed by atoms with Crippen molar-refractivity contribution in [3.05, 3.63) is 18.2 Å². The average Bonchev–Trinajstić information content (AvgIpc) is 2.90. The number of hydrogen-bond acceptors (Lipinski definition) is 3. The Labute approximate surface area is 114 Å². The van der Waals surface area contributed by atoms with Crippen LogP contribution in [-0.2, 0) is 11.2 Å². The summed E-state index contributed by atoms with van der Waals surface area (Å²) in [5.74, 6) is 0.866. The maximum atomic E-state index is 11.7. The molecule has 0 bridgehead atoms. The minimum atomic E-state index is 0.174. The van der Waals surface area contributed by atoms with Crippen molar-refractivity contribution in [1.29, 1.82) is 0 Å². The summed E-state index contributed by atoms with van der Waals surface area (Å²) < 4.78 is 0. The second kappa shape index (κ2) is 7.28. The van der Waals surface area contributed by atoms with E-state index >= 15 is 0 Å². The van der Waals surface area contributed by atoms with Gasteiger partial charge in [0.2, 0.25) is 5.91 Å². The minimum absolute atomic E-state index is 0.174. The maximum Gasteiger partial charge on any atom is 0.220 e. The molecule has 0 saturated carbocycles. The molecule has 2 heterocycles. The van der Waals surface area contributed by atoms with E-state index in [1.807, 2.05) is 0 Å². The number of piperidine rings is 1. The van der Waals surface area contributed by atoms with Gasteiger partial charge >= 0.3 is 0 Å². The van der Waals surface area contributed by atoms with E-state index in [-0.39, 0.29) is 5.91 Å². The van der Waals surface area contributed by atoms with Crippen LogP contribution in [0.4, 0.5) is 0 Å². The molecule has 1 aliphatic heterocycles. The Kier molecular flexibility index (Phi) is 5.39. The summed E-state index contributed by atoms with van der Waals surface area (Å²) in [6, 6.07) is 0. The van der Waals surface area contributed by atoms with Gasteiger partial charge in [-0.25, -0.2) is 4.98 Å². The first-order valence-corrected chi connectivity index (χ1v) is 7.16. The molecule has 1 aromatic heterocycles. The average molecular weight is 264 g/mol. The van der Waals surface area contributed by atoms with Crippen molar-refractivity contribution in [2.45, 2.75) is 32.1 Å². The molecule has 2 N–H and O–H groups in total. The van der Waals surface area contributed by atoms with E-state index in [2.05, 4.69) is 27.2 Å². The van der Waals surface area contributed by atoms with Crippen molar-refractivity contribution >= 4 is 5.91 Å². The summed E-state index contributed by atoms with van der Waals surface area (Å²) in [6.45, 7) is 3.03. The van der Waals surface area contributed by atoms with E-state index in [0.717, 1.165) is 25.1 Å². The molecule has 2 rings (SSSR count). The number of aromatic nitrogens is 2. The number of aromatic amines is 1. The number of H-pyrrole nitrogens is 1. The summed E-state index contributed by atoms with van der Waals surface area (Å²) >= 11 is 0. The molecule has 5 nitrogen and oxygen atoms in total. The summed E-state index contributed by atoms with van der Waals surface area (Å²) in [6.07, 6.45) is 8.48. The monoisotopic (exact) mass is 264 g/mol. The Morgan fingerprint density at radius 2 is 2.53 bits per heavy atom. The van der Waals surface area contributed by atoms with Crippen molar-refractivity contribution in [1.82, 2.24) is 20.2 Å². The minimum Gasteiger partial charge on any atom is -0.356 e. The van der Waals surface area contributed by atoms with Crippen LogP contribution in [0.15, 0.2) is 12.5 Å². The topological polar surface area (TPSA) is 61.0 Å². The Morgan fingerprint density at radius 3 is 3.26 bits per heavy atom. The first kappa shape index (κ1) is 14.1. The van der Waals surface area contributed by atoms with Crippen molar-refractivity contribution in [2.75, 3.05) is 26.7 Å². The molecular formula is C14H24N4O. The van der Waals surface area contributed by atoms with Crippen LogP contribution in [0.3, 0.4) is 0 Å². The van der Waals surface area contributed by atoms with E-state index in [9.17, 15) is 4.79 Å². The Hall–Kier alpha value is -1.36. The third-order valence-electron chi connectivity index (χ3n) is 3.77. The molecule has 0 radical (unpaired) electrons. The number of carbonyl (C=O) groups is 1. The smallest absolute Gasteiger partial charge is 0.220 e. The molecule has 19 heavy (non-hydrogen) atoms. The van der Waals surface area contributed by atoms with Gasteiger partial charge in [0.15, 0.2) is 0 Å². The number of rotatable bonds is 6. The fourth-order valence-corrected chi connectivity index (χ4v) is 2.69. The van der Waals surface area contributed by atoms with Crippen LogP contribution in [0, 0.1) is 5.92 Å². The normalized spacial score (nSPS) is 20.4. The lowest BCUT2D eigenvalue weighted by Crippen LogP contribution is -2.33. The standard InChI is InChI=1S/C14H24N4O/c1-18-8-2-3-12(10-18)4-5-14(19)16-7-6-13-9-15-11-17-13/h9,11-12H,2-8,10H2,1H3,(H,15,17)(H,16,19)/t12-/m0/s1. The summed E-state index contributed by atoms with van der Waals surface area (Å²) in [5.41, 5.74) is 1.06. The van der Waals surface area contributed by atoms with Crippen LogP contribution in [0.25, 0.3) is 0 Å². The zero-order valence-electron chi connectivity index (χ0n) is 11.7. The third kappa shape index (κ3) is 5.03. The van der Waals surface area contributed by atoms with E-state index in [1.54, 1.807) is 12.5 Å². The Bertz CT molecular complexity index is 377. The largest absolute Gasteiger partial charge is 0.356 e. The number of nitrogens with zero attached hydrogens (tertiary/aromatic N) is 2. The number of amides is 1. The third-order valence-corrected chi connectivity index (χ3v) is 3.77. The number of hydrogen-bond donors (Lipinski definition) is 2.